The first-order chi connectivity index (χ1) is 13.3. The third-order valence-electron chi connectivity index (χ3n) is 5.17. The van der Waals surface area contributed by atoms with Crippen molar-refractivity contribution in [3.8, 4) is 0 Å². The Bertz CT molecular complexity index is 438. The fourth-order valence-electron chi connectivity index (χ4n) is 3.56. The number of guanidine groups is 1. The lowest BCUT2D eigenvalue weighted by Gasteiger charge is -2.26. The van der Waals surface area contributed by atoms with Gasteiger partial charge in [-0.05, 0) is 45.6 Å². The molecule has 2 saturated heterocycles. The van der Waals surface area contributed by atoms with Crippen molar-refractivity contribution in [1.82, 2.24) is 20.4 Å². The topological polar surface area (TPSA) is 69.2 Å². The summed E-state index contributed by atoms with van der Waals surface area (Å²) in [5.41, 5.74) is 0. The highest BCUT2D eigenvalue weighted by Gasteiger charge is 2.15. The largest absolute Gasteiger partial charge is 0.379 e. The minimum atomic E-state index is 0.321. The molecule has 0 aromatic rings. The van der Waals surface area contributed by atoms with E-state index in [1.807, 2.05) is 4.90 Å². The lowest BCUT2D eigenvalue weighted by Crippen LogP contribution is -2.39. The first kappa shape index (κ1) is 22.0. The number of likely N-dealkylation sites (tertiary alicyclic amines) is 1. The number of nitrogens with one attached hydrogen (secondary N) is 2. The van der Waals surface area contributed by atoms with Gasteiger partial charge in [-0.1, -0.05) is 6.42 Å². The smallest absolute Gasteiger partial charge is 0.222 e. The number of hydrogen-bond acceptors (Lipinski definition) is 4. The van der Waals surface area contributed by atoms with E-state index in [1.54, 1.807) is 0 Å². The maximum Gasteiger partial charge on any atom is 0.222 e. The van der Waals surface area contributed by atoms with Gasteiger partial charge in [0.05, 0.1) is 13.2 Å². The number of ether oxygens (including phenoxy) is 1. The average molecular weight is 382 g/mol. The lowest BCUT2D eigenvalue weighted by molar-refractivity contribution is -0.130. The highest BCUT2D eigenvalue weighted by molar-refractivity contribution is 5.79. The van der Waals surface area contributed by atoms with Gasteiger partial charge in [-0.25, -0.2) is 0 Å². The van der Waals surface area contributed by atoms with Crippen LogP contribution in [0.4, 0.5) is 0 Å². The zero-order valence-corrected chi connectivity index (χ0v) is 17.2. The number of hydrogen-bond donors (Lipinski definition) is 2. The molecule has 0 atom stereocenters. The summed E-state index contributed by atoms with van der Waals surface area (Å²) >= 11 is 0. The van der Waals surface area contributed by atoms with Crippen LogP contribution in [-0.4, -0.2) is 87.2 Å². The van der Waals surface area contributed by atoms with E-state index in [-0.39, 0.29) is 0 Å². The molecule has 27 heavy (non-hydrogen) atoms. The van der Waals surface area contributed by atoms with Crippen LogP contribution in [0.2, 0.25) is 0 Å². The molecule has 2 heterocycles. The van der Waals surface area contributed by atoms with Gasteiger partial charge < -0.3 is 20.3 Å². The second-order valence-corrected chi connectivity index (χ2v) is 7.39. The van der Waals surface area contributed by atoms with E-state index in [4.69, 9.17) is 4.74 Å². The molecule has 0 radical (unpaired) electrons. The molecule has 2 aliphatic rings. The summed E-state index contributed by atoms with van der Waals surface area (Å²) < 4.78 is 5.38. The Morgan fingerprint density at radius 1 is 1.04 bits per heavy atom. The summed E-state index contributed by atoms with van der Waals surface area (Å²) in [4.78, 5) is 21.2. The molecule has 0 saturated carbocycles. The molecule has 0 unspecified atom stereocenters. The molecule has 1 amide bonds. The van der Waals surface area contributed by atoms with Crippen molar-refractivity contribution in [3.05, 3.63) is 0 Å². The van der Waals surface area contributed by atoms with E-state index in [1.165, 1.54) is 12.8 Å². The lowest BCUT2D eigenvalue weighted by atomic mass is 10.2. The SMILES string of the molecule is CCNC(=NCCCN1CCCCCC1=O)NCCCCN1CCOCC1. The van der Waals surface area contributed by atoms with Gasteiger partial charge >= 0.3 is 0 Å². The Balaban J connectivity index is 1.57. The molecule has 0 aliphatic carbocycles. The van der Waals surface area contributed by atoms with Gasteiger partial charge in [0.1, 0.15) is 0 Å². The molecule has 0 spiro atoms. The number of carbonyl (C=O) groups is 1. The Labute approximate surface area is 164 Å². The summed E-state index contributed by atoms with van der Waals surface area (Å²) in [6.07, 6.45) is 7.36. The number of aliphatic imine (C=N–C) groups is 1. The normalized spacial score (nSPS) is 19.8. The summed E-state index contributed by atoms with van der Waals surface area (Å²) in [5.74, 6) is 1.22. The quantitative estimate of drug-likeness (QED) is 0.341. The van der Waals surface area contributed by atoms with Crippen molar-refractivity contribution in [3.63, 3.8) is 0 Å². The molecular formula is C20H39N5O2. The monoisotopic (exact) mass is 381 g/mol. The average Bonchev–Trinajstić information content (AvgIpc) is 2.90. The summed E-state index contributed by atoms with van der Waals surface area (Å²) in [7, 11) is 0. The van der Waals surface area contributed by atoms with Crippen molar-refractivity contribution in [2.45, 2.75) is 51.9 Å². The summed E-state index contributed by atoms with van der Waals surface area (Å²) in [6, 6.07) is 0. The van der Waals surface area contributed by atoms with E-state index in [0.717, 1.165) is 104 Å². The van der Waals surface area contributed by atoms with Crippen LogP contribution in [-0.2, 0) is 9.53 Å². The van der Waals surface area contributed by atoms with Crippen LogP contribution in [0.1, 0.15) is 51.9 Å². The first-order valence-electron chi connectivity index (χ1n) is 10.9. The number of amides is 1. The first-order valence-corrected chi connectivity index (χ1v) is 10.9. The number of carbonyl (C=O) groups excluding carboxylic acids is 1. The summed E-state index contributed by atoms with van der Waals surface area (Å²) in [5, 5.41) is 6.74. The predicted molar refractivity (Wildman–Crippen MR) is 110 cm³/mol. The second-order valence-electron chi connectivity index (χ2n) is 7.39. The van der Waals surface area contributed by atoms with E-state index in [9.17, 15) is 4.79 Å². The van der Waals surface area contributed by atoms with Crippen LogP contribution < -0.4 is 10.6 Å². The molecule has 0 aromatic carbocycles. The van der Waals surface area contributed by atoms with Gasteiger partial charge in [0.2, 0.25) is 5.91 Å². The van der Waals surface area contributed by atoms with Gasteiger partial charge in [-0.2, -0.15) is 0 Å². The van der Waals surface area contributed by atoms with E-state index >= 15 is 0 Å². The van der Waals surface area contributed by atoms with Crippen LogP contribution in [0.15, 0.2) is 4.99 Å². The fourth-order valence-corrected chi connectivity index (χ4v) is 3.56. The van der Waals surface area contributed by atoms with Gasteiger partial charge in [0.15, 0.2) is 5.96 Å². The van der Waals surface area contributed by atoms with Gasteiger partial charge in [-0.3, -0.25) is 14.7 Å². The molecule has 2 rings (SSSR count). The number of morpholine rings is 1. The molecule has 2 N–H and O–H groups in total. The molecule has 0 aromatic heterocycles. The van der Waals surface area contributed by atoms with Crippen LogP contribution in [0, 0.1) is 0 Å². The molecule has 0 bridgehead atoms. The van der Waals surface area contributed by atoms with Crippen LogP contribution in [0.3, 0.4) is 0 Å². The highest BCUT2D eigenvalue weighted by Crippen LogP contribution is 2.11. The Hall–Kier alpha value is -1.34. The maximum atomic E-state index is 12.0. The number of rotatable bonds is 10. The van der Waals surface area contributed by atoms with Crippen molar-refractivity contribution in [1.29, 1.82) is 0 Å². The Kier molecular flexibility index (Phi) is 11.2. The molecular weight excluding hydrogens is 342 g/mol. The maximum absolute atomic E-state index is 12.0. The van der Waals surface area contributed by atoms with E-state index in [0.29, 0.717) is 5.91 Å². The third kappa shape index (κ3) is 9.42. The minimum Gasteiger partial charge on any atom is -0.379 e. The van der Waals surface area contributed by atoms with Crippen molar-refractivity contribution in [2.24, 2.45) is 4.99 Å². The highest BCUT2D eigenvalue weighted by atomic mass is 16.5. The predicted octanol–water partition coefficient (Wildman–Crippen LogP) is 1.45. The molecule has 2 fully saturated rings. The number of unbranched alkanes of at least 4 members (excludes halogenated alkanes) is 1. The van der Waals surface area contributed by atoms with Gasteiger partial charge in [0, 0.05) is 52.2 Å². The van der Waals surface area contributed by atoms with E-state index < -0.39 is 0 Å². The van der Waals surface area contributed by atoms with Crippen molar-refractivity contribution < 1.29 is 9.53 Å². The molecule has 7 heteroatoms. The standard InChI is InChI=1S/C20H39N5O2/c1-2-21-20(22-10-5-7-12-24-15-17-27-18-16-24)23-11-8-14-25-13-6-3-4-9-19(25)26/h2-18H2,1H3,(H2,21,22,23). The molecule has 156 valence electrons. The zero-order chi connectivity index (χ0) is 19.2. The second kappa shape index (κ2) is 13.8. The zero-order valence-electron chi connectivity index (χ0n) is 17.2. The van der Waals surface area contributed by atoms with Crippen LogP contribution in [0.5, 0.6) is 0 Å². The number of nitrogens with zero attached hydrogens (tertiary/aromatic N) is 3. The molecule has 2 aliphatic heterocycles. The van der Waals surface area contributed by atoms with Crippen molar-refractivity contribution in [2.75, 3.05) is 65.6 Å². The Morgan fingerprint density at radius 2 is 1.89 bits per heavy atom. The Morgan fingerprint density at radius 3 is 2.70 bits per heavy atom. The fraction of sp³-hybridized carbons (Fsp3) is 0.900. The van der Waals surface area contributed by atoms with Gasteiger partial charge in [-0.15, -0.1) is 0 Å². The van der Waals surface area contributed by atoms with E-state index in [2.05, 4.69) is 27.4 Å². The van der Waals surface area contributed by atoms with Gasteiger partial charge in [0.25, 0.3) is 0 Å². The minimum absolute atomic E-state index is 0.321. The summed E-state index contributed by atoms with van der Waals surface area (Å²) in [6.45, 7) is 11.4. The van der Waals surface area contributed by atoms with Crippen LogP contribution >= 0.6 is 0 Å². The van der Waals surface area contributed by atoms with Crippen LogP contribution in [0.25, 0.3) is 0 Å². The third-order valence-corrected chi connectivity index (χ3v) is 5.17. The molecule has 7 nitrogen and oxygen atoms in total. The van der Waals surface area contributed by atoms with Crippen molar-refractivity contribution >= 4 is 11.9 Å².